The Bertz CT molecular complexity index is 689. The van der Waals surface area contributed by atoms with Crippen LogP contribution < -0.4 is 5.32 Å². The molecule has 1 atom stereocenters. The maximum Gasteiger partial charge on any atom is 0.226 e. The van der Waals surface area contributed by atoms with Crippen LogP contribution in [0, 0.1) is 0 Å². The van der Waals surface area contributed by atoms with E-state index in [4.69, 9.17) is 23.2 Å². The molecule has 21 heavy (non-hydrogen) atoms. The van der Waals surface area contributed by atoms with E-state index in [1.807, 2.05) is 18.5 Å². The first-order chi connectivity index (χ1) is 9.99. The molecule has 2 aromatic rings. The molecular weight excluding hydrogens is 309 g/mol. The molecule has 1 aromatic carbocycles. The number of nitrogens with one attached hydrogen (secondary N) is 1. The van der Waals surface area contributed by atoms with Gasteiger partial charge in [-0.15, -0.1) is 0 Å². The SMILES string of the molecule is CC(C)n1ncc2c1NC(=O)C[C@H]2c1c(Cl)cccc1Cl. The maximum atomic E-state index is 12.1. The van der Waals surface area contributed by atoms with Crippen molar-refractivity contribution >= 4 is 34.9 Å². The molecule has 0 bridgehead atoms. The molecule has 4 nitrogen and oxygen atoms in total. The Morgan fingerprint density at radius 3 is 2.62 bits per heavy atom. The Morgan fingerprint density at radius 2 is 2.00 bits per heavy atom. The van der Waals surface area contributed by atoms with E-state index in [-0.39, 0.29) is 17.9 Å². The minimum absolute atomic E-state index is 0.0501. The molecule has 0 saturated heterocycles. The van der Waals surface area contributed by atoms with Gasteiger partial charge in [-0.1, -0.05) is 29.3 Å². The molecule has 110 valence electrons. The van der Waals surface area contributed by atoms with Crippen molar-refractivity contribution in [2.24, 2.45) is 0 Å². The van der Waals surface area contributed by atoms with Crippen LogP contribution in [0.25, 0.3) is 0 Å². The van der Waals surface area contributed by atoms with Crippen LogP contribution >= 0.6 is 23.2 Å². The topological polar surface area (TPSA) is 46.9 Å². The zero-order valence-electron chi connectivity index (χ0n) is 11.7. The minimum atomic E-state index is -0.164. The van der Waals surface area contributed by atoms with Crippen LogP contribution in [0.1, 0.15) is 43.4 Å². The first-order valence-corrected chi connectivity index (χ1v) is 7.55. The number of halogens is 2. The molecule has 0 unspecified atom stereocenters. The second-order valence-corrected chi connectivity index (χ2v) is 6.24. The number of hydrogen-bond acceptors (Lipinski definition) is 2. The number of rotatable bonds is 2. The molecule has 1 amide bonds. The lowest BCUT2D eigenvalue weighted by Gasteiger charge is -2.25. The van der Waals surface area contributed by atoms with Gasteiger partial charge in [0.25, 0.3) is 0 Å². The summed E-state index contributed by atoms with van der Waals surface area (Å²) in [5.41, 5.74) is 1.75. The summed E-state index contributed by atoms with van der Waals surface area (Å²) in [5, 5.41) is 8.44. The van der Waals surface area contributed by atoms with Gasteiger partial charge in [0.15, 0.2) is 0 Å². The van der Waals surface area contributed by atoms with Gasteiger partial charge in [0.1, 0.15) is 5.82 Å². The number of hydrogen-bond donors (Lipinski definition) is 1. The summed E-state index contributed by atoms with van der Waals surface area (Å²) < 4.78 is 1.81. The Hall–Kier alpha value is -1.52. The molecule has 1 aromatic heterocycles. The van der Waals surface area contributed by atoms with E-state index in [0.29, 0.717) is 16.5 Å². The minimum Gasteiger partial charge on any atom is -0.311 e. The Labute approximate surface area is 133 Å². The van der Waals surface area contributed by atoms with Crippen LogP contribution in [-0.4, -0.2) is 15.7 Å². The molecule has 2 heterocycles. The predicted molar refractivity (Wildman–Crippen MR) is 84.2 cm³/mol. The summed E-state index contributed by atoms with van der Waals surface area (Å²) in [6.07, 6.45) is 2.11. The van der Waals surface area contributed by atoms with Crippen LogP contribution in [-0.2, 0) is 4.79 Å². The van der Waals surface area contributed by atoms with Crippen molar-refractivity contribution in [1.29, 1.82) is 0 Å². The summed E-state index contributed by atoms with van der Waals surface area (Å²) in [7, 11) is 0. The van der Waals surface area contributed by atoms with E-state index in [9.17, 15) is 4.79 Å². The molecular formula is C15H15Cl2N3O. The van der Waals surface area contributed by atoms with Gasteiger partial charge in [0.05, 0.1) is 6.20 Å². The normalized spacial score (nSPS) is 17.8. The quantitative estimate of drug-likeness (QED) is 0.898. The molecule has 3 rings (SSSR count). The number of carbonyl (C=O) groups is 1. The van der Waals surface area contributed by atoms with Gasteiger partial charge in [-0.2, -0.15) is 5.10 Å². The zero-order chi connectivity index (χ0) is 15.1. The van der Waals surface area contributed by atoms with Gasteiger partial charge in [-0.25, -0.2) is 4.68 Å². The lowest BCUT2D eigenvalue weighted by Crippen LogP contribution is -2.25. The number of benzene rings is 1. The van der Waals surface area contributed by atoms with Crippen LogP contribution in [0.2, 0.25) is 10.0 Å². The highest BCUT2D eigenvalue weighted by molar-refractivity contribution is 6.36. The molecule has 0 spiro atoms. The van der Waals surface area contributed by atoms with Crippen LogP contribution in [0.5, 0.6) is 0 Å². The molecule has 1 N–H and O–H groups in total. The van der Waals surface area contributed by atoms with E-state index < -0.39 is 0 Å². The number of aromatic nitrogens is 2. The average Bonchev–Trinajstić information content (AvgIpc) is 2.82. The number of carbonyl (C=O) groups excluding carboxylic acids is 1. The van der Waals surface area contributed by atoms with Crippen LogP contribution in [0.15, 0.2) is 24.4 Å². The monoisotopic (exact) mass is 323 g/mol. The Kier molecular flexibility index (Phi) is 3.68. The van der Waals surface area contributed by atoms with Crippen molar-refractivity contribution in [2.45, 2.75) is 32.2 Å². The lowest BCUT2D eigenvalue weighted by atomic mass is 9.87. The fraction of sp³-hybridized carbons (Fsp3) is 0.333. The molecule has 0 aliphatic carbocycles. The summed E-state index contributed by atoms with van der Waals surface area (Å²) in [5.74, 6) is 0.524. The predicted octanol–water partition coefficient (Wildman–Crippen LogP) is 4.24. The standard InChI is InChI=1S/C15H15Cl2N3O/c1-8(2)20-15-10(7-18-20)9(6-13(21)19-15)14-11(16)4-3-5-12(14)17/h3-5,7-9H,6H2,1-2H3,(H,19,21)/t9-/m1/s1. The van der Waals surface area contributed by atoms with Gasteiger partial charge >= 0.3 is 0 Å². The highest BCUT2D eigenvalue weighted by atomic mass is 35.5. The lowest BCUT2D eigenvalue weighted by molar-refractivity contribution is -0.116. The van der Waals surface area contributed by atoms with E-state index >= 15 is 0 Å². The molecule has 1 aliphatic heterocycles. The third kappa shape index (κ3) is 2.43. The highest BCUT2D eigenvalue weighted by Crippen LogP contribution is 2.43. The van der Waals surface area contributed by atoms with Crippen molar-refractivity contribution in [3.63, 3.8) is 0 Å². The maximum absolute atomic E-state index is 12.1. The van der Waals surface area contributed by atoms with Gasteiger partial charge in [0, 0.05) is 34.0 Å². The van der Waals surface area contributed by atoms with Crippen molar-refractivity contribution < 1.29 is 4.79 Å². The number of fused-ring (bicyclic) bond motifs is 1. The Morgan fingerprint density at radius 1 is 1.33 bits per heavy atom. The largest absolute Gasteiger partial charge is 0.311 e. The number of anilines is 1. The second-order valence-electron chi connectivity index (χ2n) is 5.43. The number of amides is 1. The van der Waals surface area contributed by atoms with E-state index in [1.165, 1.54) is 0 Å². The van der Waals surface area contributed by atoms with Crippen LogP contribution in [0.3, 0.4) is 0 Å². The molecule has 1 aliphatic rings. The van der Waals surface area contributed by atoms with Crippen molar-refractivity contribution in [3.05, 3.63) is 45.6 Å². The summed E-state index contributed by atoms with van der Waals surface area (Å²) in [6, 6.07) is 5.55. The first kappa shape index (κ1) is 14.4. The molecule has 0 radical (unpaired) electrons. The second kappa shape index (κ2) is 5.35. The van der Waals surface area contributed by atoms with Gasteiger partial charge in [0.2, 0.25) is 5.91 Å². The van der Waals surface area contributed by atoms with E-state index in [1.54, 1.807) is 24.4 Å². The molecule has 6 heteroatoms. The van der Waals surface area contributed by atoms with E-state index in [2.05, 4.69) is 10.4 Å². The van der Waals surface area contributed by atoms with Gasteiger partial charge < -0.3 is 5.32 Å². The summed E-state index contributed by atoms with van der Waals surface area (Å²) in [4.78, 5) is 12.1. The fourth-order valence-corrected chi connectivity index (χ4v) is 3.39. The summed E-state index contributed by atoms with van der Waals surface area (Å²) >= 11 is 12.6. The third-order valence-corrected chi connectivity index (χ3v) is 4.34. The van der Waals surface area contributed by atoms with E-state index in [0.717, 1.165) is 16.9 Å². The fourth-order valence-electron chi connectivity index (χ4n) is 2.73. The molecule has 0 saturated carbocycles. The van der Waals surface area contributed by atoms with Crippen molar-refractivity contribution in [1.82, 2.24) is 9.78 Å². The van der Waals surface area contributed by atoms with Crippen molar-refractivity contribution in [2.75, 3.05) is 5.32 Å². The Balaban J connectivity index is 2.16. The van der Waals surface area contributed by atoms with Gasteiger partial charge in [-0.05, 0) is 31.5 Å². The van der Waals surface area contributed by atoms with Crippen LogP contribution in [0.4, 0.5) is 5.82 Å². The highest BCUT2D eigenvalue weighted by Gasteiger charge is 2.32. The zero-order valence-corrected chi connectivity index (χ0v) is 13.2. The van der Waals surface area contributed by atoms with Crippen molar-refractivity contribution in [3.8, 4) is 0 Å². The average molecular weight is 324 g/mol. The van der Waals surface area contributed by atoms with Gasteiger partial charge in [-0.3, -0.25) is 4.79 Å². The molecule has 0 fully saturated rings. The smallest absolute Gasteiger partial charge is 0.226 e. The summed E-state index contributed by atoms with van der Waals surface area (Å²) in [6.45, 7) is 4.04. The first-order valence-electron chi connectivity index (χ1n) is 6.80. The third-order valence-electron chi connectivity index (χ3n) is 3.68. The number of nitrogens with zero attached hydrogens (tertiary/aromatic N) is 2.